The Morgan fingerprint density at radius 3 is 1.83 bits per heavy atom. The monoisotopic (exact) mass is 666 g/mol. The van der Waals surface area contributed by atoms with E-state index in [4.69, 9.17) is 4.42 Å². The van der Waals surface area contributed by atoms with E-state index in [2.05, 4.69) is 181 Å². The van der Waals surface area contributed by atoms with Crippen molar-refractivity contribution in [2.24, 2.45) is 0 Å². The van der Waals surface area contributed by atoms with E-state index in [9.17, 15) is 0 Å². The van der Waals surface area contributed by atoms with Gasteiger partial charge >= 0.3 is 0 Å². The normalized spacial score (nSPS) is 13.3. The third-order valence-electron chi connectivity index (χ3n) is 11.4. The minimum atomic E-state index is -0.218. The summed E-state index contributed by atoms with van der Waals surface area (Å²) >= 11 is 0. The van der Waals surface area contributed by atoms with Gasteiger partial charge in [0.1, 0.15) is 11.2 Å². The second kappa shape index (κ2) is 10.7. The summed E-state index contributed by atoms with van der Waals surface area (Å²) < 4.78 is 8.68. The zero-order valence-electron chi connectivity index (χ0n) is 29.0. The molecule has 0 saturated heterocycles. The van der Waals surface area contributed by atoms with Gasteiger partial charge in [-0.25, -0.2) is 0 Å². The van der Waals surface area contributed by atoms with Crippen molar-refractivity contribution in [1.29, 1.82) is 0 Å². The lowest BCUT2D eigenvalue weighted by atomic mass is 9.82. The van der Waals surface area contributed by atoms with E-state index in [1.165, 1.54) is 60.5 Å². The Labute approximate surface area is 301 Å². The summed E-state index contributed by atoms with van der Waals surface area (Å²) in [5.74, 6) is 0. The molecule has 0 atom stereocenters. The second-order valence-electron chi connectivity index (χ2n) is 14.6. The molecule has 10 aromatic rings. The Kier molecular flexibility index (Phi) is 6.01. The van der Waals surface area contributed by atoms with Gasteiger partial charge in [0.05, 0.1) is 16.7 Å². The van der Waals surface area contributed by atoms with Gasteiger partial charge in [-0.1, -0.05) is 117 Å². The Morgan fingerprint density at radius 1 is 0.462 bits per heavy atom. The lowest BCUT2D eigenvalue weighted by Gasteiger charge is -2.29. The average Bonchev–Trinajstić information content (AvgIpc) is 3.80. The molecule has 0 aliphatic heterocycles. The summed E-state index contributed by atoms with van der Waals surface area (Å²) in [6, 6.07) is 61.8. The molecule has 0 N–H and O–H groups in total. The molecule has 0 saturated carbocycles. The van der Waals surface area contributed by atoms with Gasteiger partial charge in [-0.15, -0.1) is 0 Å². The zero-order chi connectivity index (χ0) is 34.6. The first-order valence-electron chi connectivity index (χ1n) is 18.0. The summed E-state index contributed by atoms with van der Waals surface area (Å²) in [4.78, 5) is 2.42. The molecule has 0 amide bonds. The molecule has 3 nitrogen and oxygen atoms in total. The van der Waals surface area contributed by atoms with Crippen LogP contribution in [-0.2, 0) is 5.41 Å². The summed E-state index contributed by atoms with van der Waals surface area (Å²) in [5.41, 5.74) is 13.9. The molecule has 0 spiro atoms. The molecule has 0 bridgehead atoms. The van der Waals surface area contributed by atoms with Crippen molar-refractivity contribution in [3.63, 3.8) is 0 Å². The van der Waals surface area contributed by atoms with E-state index in [1.807, 2.05) is 12.1 Å². The van der Waals surface area contributed by atoms with Crippen LogP contribution in [0.25, 0.3) is 71.3 Å². The van der Waals surface area contributed by atoms with Crippen molar-refractivity contribution in [2.45, 2.75) is 19.3 Å². The molecule has 0 radical (unpaired) electrons. The van der Waals surface area contributed by atoms with Crippen molar-refractivity contribution < 1.29 is 4.42 Å². The SMILES string of the molecule is CC1(C)c2cc(N(c3ccc4oc5ccccc5c4c3)c3cccc4ccccc34)ccc2-c2ccc(-n3c4ccccc4c4ccccc43)cc21. The Balaban J connectivity index is 1.10. The summed E-state index contributed by atoms with van der Waals surface area (Å²) in [7, 11) is 0. The molecular formula is C49H34N2O. The van der Waals surface area contributed by atoms with Crippen molar-refractivity contribution in [3.05, 3.63) is 181 Å². The van der Waals surface area contributed by atoms with Crippen molar-refractivity contribution in [1.82, 2.24) is 4.57 Å². The number of para-hydroxylation sites is 3. The number of rotatable bonds is 4. The third-order valence-corrected chi connectivity index (χ3v) is 11.4. The summed E-state index contributed by atoms with van der Waals surface area (Å²) in [6.07, 6.45) is 0. The fraction of sp³-hybridized carbons (Fsp3) is 0.0612. The first-order chi connectivity index (χ1) is 25.5. The van der Waals surface area contributed by atoms with E-state index >= 15 is 0 Å². The highest BCUT2D eigenvalue weighted by Crippen LogP contribution is 2.52. The average molecular weight is 667 g/mol. The topological polar surface area (TPSA) is 21.3 Å². The molecule has 1 aliphatic carbocycles. The van der Waals surface area contributed by atoms with Gasteiger partial charge in [0.2, 0.25) is 0 Å². The molecular weight excluding hydrogens is 633 g/mol. The highest BCUT2D eigenvalue weighted by molar-refractivity contribution is 6.10. The van der Waals surface area contributed by atoms with Gasteiger partial charge in [0.15, 0.2) is 0 Å². The number of hydrogen-bond acceptors (Lipinski definition) is 2. The number of hydrogen-bond donors (Lipinski definition) is 0. The molecule has 11 rings (SSSR count). The maximum Gasteiger partial charge on any atom is 0.135 e. The maximum absolute atomic E-state index is 6.26. The minimum absolute atomic E-state index is 0.218. The Bertz CT molecular complexity index is 3010. The van der Waals surface area contributed by atoms with Crippen LogP contribution in [-0.4, -0.2) is 4.57 Å². The van der Waals surface area contributed by atoms with E-state index in [1.54, 1.807) is 0 Å². The van der Waals surface area contributed by atoms with Crippen LogP contribution in [0.2, 0.25) is 0 Å². The molecule has 0 unspecified atom stereocenters. The van der Waals surface area contributed by atoms with Crippen LogP contribution in [0, 0.1) is 0 Å². The third kappa shape index (κ3) is 4.08. The van der Waals surface area contributed by atoms with Crippen LogP contribution in [0.1, 0.15) is 25.0 Å². The predicted molar refractivity (Wildman–Crippen MR) is 218 cm³/mol. The number of aromatic nitrogens is 1. The first-order valence-corrected chi connectivity index (χ1v) is 18.0. The molecule has 3 heteroatoms. The van der Waals surface area contributed by atoms with Crippen LogP contribution in [0.15, 0.2) is 174 Å². The quantitative estimate of drug-likeness (QED) is 0.186. The van der Waals surface area contributed by atoms with Gasteiger partial charge in [-0.2, -0.15) is 0 Å². The molecule has 2 aromatic heterocycles. The van der Waals surface area contributed by atoms with Crippen LogP contribution in [0.3, 0.4) is 0 Å². The van der Waals surface area contributed by atoms with Gasteiger partial charge < -0.3 is 13.9 Å². The zero-order valence-corrected chi connectivity index (χ0v) is 29.0. The number of fused-ring (bicyclic) bond motifs is 10. The largest absolute Gasteiger partial charge is 0.456 e. The number of anilines is 3. The Morgan fingerprint density at radius 2 is 1.04 bits per heavy atom. The van der Waals surface area contributed by atoms with Crippen molar-refractivity contribution in [3.8, 4) is 16.8 Å². The van der Waals surface area contributed by atoms with Crippen molar-refractivity contribution >= 4 is 71.6 Å². The minimum Gasteiger partial charge on any atom is -0.456 e. The van der Waals surface area contributed by atoms with Gasteiger partial charge in [-0.3, -0.25) is 0 Å². The molecule has 52 heavy (non-hydrogen) atoms. The molecule has 246 valence electrons. The summed E-state index contributed by atoms with van der Waals surface area (Å²) in [6.45, 7) is 4.76. The fourth-order valence-corrected chi connectivity index (χ4v) is 8.88. The van der Waals surface area contributed by atoms with Crippen LogP contribution in [0.5, 0.6) is 0 Å². The fourth-order valence-electron chi connectivity index (χ4n) is 8.88. The second-order valence-corrected chi connectivity index (χ2v) is 14.6. The highest BCUT2D eigenvalue weighted by atomic mass is 16.3. The molecule has 0 fully saturated rings. The van der Waals surface area contributed by atoms with Crippen LogP contribution >= 0.6 is 0 Å². The standard InChI is InChI=1S/C49H34N2O/c1-49(2)42-29-33(22-25-36(42)37-26-23-34(30-43(37)49)51-45-18-8-5-15-38(45)39-16-6-9-19-46(39)51)50(44-20-11-13-31-12-3-4-14-35(31)44)32-24-27-48-41(28-32)40-17-7-10-21-47(40)52-48/h3-30H,1-2H3. The summed E-state index contributed by atoms with van der Waals surface area (Å²) in [5, 5.41) is 7.22. The lowest BCUT2D eigenvalue weighted by Crippen LogP contribution is -2.17. The molecule has 8 aromatic carbocycles. The van der Waals surface area contributed by atoms with Crippen LogP contribution in [0.4, 0.5) is 17.1 Å². The molecule has 2 heterocycles. The van der Waals surface area contributed by atoms with Gasteiger partial charge in [0, 0.05) is 49.4 Å². The van der Waals surface area contributed by atoms with Crippen LogP contribution < -0.4 is 4.90 Å². The number of furan rings is 1. The van der Waals surface area contributed by atoms with E-state index < -0.39 is 0 Å². The first kappa shape index (κ1) is 29.2. The number of nitrogens with zero attached hydrogens (tertiary/aromatic N) is 2. The Hall–Kier alpha value is -6.58. The number of benzene rings is 8. The highest BCUT2D eigenvalue weighted by Gasteiger charge is 2.36. The lowest BCUT2D eigenvalue weighted by molar-refractivity contribution is 0.660. The molecule has 1 aliphatic rings. The van der Waals surface area contributed by atoms with E-state index in [0.717, 1.165) is 39.0 Å². The van der Waals surface area contributed by atoms with Crippen molar-refractivity contribution in [2.75, 3.05) is 4.90 Å². The van der Waals surface area contributed by atoms with E-state index in [-0.39, 0.29) is 5.41 Å². The smallest absolute Gasteiger partial charge is 0.135 e. The van der Waals surface area contributed by atoms with E-state index in [0.29, 0.717) is 0 Å². The van der Waals surface area contributed by atoms with Gasteiger partial charge in [0.25, 0.3) is 0 Å². The maximum atomic E-state index is 6.26. The van der Waals surface area contributed by atoms with Gasteiger partial charge in [-0.05, 0) is 94.4 Å². The predicted octanol–water partition coefficient (Wildman–Crippen LogP) is 13.6.